The van der Waals surface area contributed by atoms with Gasteiger partial charge in [0.05, 0.1) is 5.56 Å². The topological polar surface area (TPSA) is 51.2 Å². The van der Waals surface area contributed by atoms with Gasteiger partial charge in [0, 0.05) is 12.2 Å². The standard InChI is InChI=1S/C14H20N2O2/c1-14(2,3)18-13(17)10-7-8-15-12(9-10)16-11-5-4-6-11/h7-9,11H,4-6H2,1-3H3,(H,15,16). The van der Waals surface area contributed by atoms with Crippen molar-refractivity contribution >= 4 is 11.8 Å². The average molecular weight is 248 g/mol. The Morgan fingerprint density at radius 3 is 2.72 bits per heavy atom. The van der Waals surface area contributed by atoms with Crippen molar-refractivity contribution in [3.63, 3.8) is 0 Å². The Kier molecular flexibility index (Phi) is 3.55. The van der Waals surface area contributed by atoms with Gasteiger partial charge in [-0.3, -0.25) is 0 Å². The molecule has 0 bridgehead atoms. The first-order chi connectivity index (χ1) is 8.44. The van der Waals surface area contributed by atoms with E-state index in [4.69, 9.17) is 4.74 Å². The zero-order valence-corrected chi connectivity index (χ0v) is 11.2. The van der Waals surface area contributed by atoms with Crippen LogP contribution in [-0.2, 0) is 4.74 Å². The lowest BCUT2D eigenvalue weighted by molar-refractivity contribution is 0.00694. The number of nitrogens with one attached hydrogen (secondary N) is 1. The maximum Gasteiger partial charge on any atom is 0.338 e. The summed E-state index contributed by atoms with van der Waals surface area (Å²) in [5, 5.41) is 3.32. The fourth-order valence-electron chi connectivity index (χ4n) is 1.74. The molecule has 4 heteroatoms. The van der Waals surface area contributed by atoms with Gasteiger partial charge in [0.25, 0.3) is 0 Å². The monoisotopic (exact) mass is 248 g/mol. The number of nitrogens with zero attached hydrogens (tertiary/aromatic N) is 1. The second kappa shape index (κ2) is 4.96. The Labute approximate surface area is 108 Å². The predicted molar refractivity (Wildman–Crippen MR) is 70.7 cm³/mol. The molecule has 98 valence electrons. The second-order valence-corrected chi connectivity index (χ2v) is 5.70. The molecule has 0 unspecified atom stereocenters. The summed E-state index contributed by atoms with van der Waals surface area (Å²) in [7, 11) is 0. The van der Waals surface area contributed by atoms with Crippen LogP contribution in [0.2, 0.25) is 0 Å². The zero-order chi connectivity index (χ0) is 13.2. The number of hydrogen-bond donors (Lipinski definition) is 1. The third-order valence-electron chi connectivity index (χ3n) is 2.85. The van der Waals surface area contributed by atoms with Gasteiger partial charge in [-0.2, -0.15) is 0 Å². The smallest absolute Gasteiger partial charge is 0.338 e. The summed E-state index contributed by atoms with van der Waals surface area (Å²) >= 11 is 0. The van der Waals surface area contributed by atoms with Crippen molar-refractivity contribution in [2.24, 2.45) is 0 Å². The number of esters is 1. The summed E-state index contributed by atoms with van der Waals surface area (Å²) in [6.07, 6.45) is 5.26. The highest BCUT2D eigenvalue weighted by molar-refractivity contribution is 5.90. The van der Waals surface area contributed by atoms with E-state index in [1.807, 2.05) is 20.8 Å². The number of carbonyl (C=O) groups excluding carboxylic acids is 1. The summed E-state index contributed by atoms with van der Waals surface area (Å²) in [6.45, 7) is 5.58. The van der Waals surface area contributed by atoms with Crippen molar-refractivity contribution in [2.75, 3.05) is 5.32 Å². The molecule has 0 aromatic carbocycles. The van der Waals surface area contributed by atoms with E-state index in [-0.39, 0.29) is 5.97 Å². The number of pyridine rings is 1. The molecule has 1 saturated carbocycles. The highest BCUT2D eigenvalue weighted by Crippen LogP contribution is 2.22. The molecule has 1 aromatic heterocycles. The van der Waals surface area contributed by atoms with Crippen molar-refractivity contribution in [1.82, 2.24) is 4.98 Å². The van der Waals surface area contributed by atoms with E-state index in [0.29, 0.717) is 11.6 Å². The Bertz CT molecular complexity index is 434. The van der Waals surface area contributed by atoms with Gasteiger partial charge >= 0.3 is 5.97 Å². The molecule has 18 heavy (non-hydrogen) atoms. The van der Waals surface area contributed by atoms with E-state index in [1.165, 1.54) is 19.3 Å². The van der Waals surface area contributed by atoms with Gasteiger partial charge in [-0.15, -0.1) is 0 Å². The fourth-order valence-corrected chi connectivity index (χ4v) is 1.74. The van der Waals surface area contributed by atoms with Crippen LogP contribution < -0.4 is 5.32 Å². The first-order valence-electron chi connectivity index (χ1n) is 6.40. The Balaban J connectivity index is 2.03. The number of rotatable bonds is 3. The van der Waals surface area contributed by atoms with Crippen LogP contribution in [0.4, 0.5) is 5.82 Å². The Morgan fingerprint density at radius 1 is 1.44 bits per heavy atom. The van der Waals surface area contributed by atoms with Crippen LogP contribution in [0.15, 0.2) is 18.3 Å². The minimum absolute atomic E-state index is 0.304. The largest absolute Gasteiger partial charge is 0.456 e. The normalized spacial score (nSPS) is 15.9. The molecule has 0 saturated heterocycles. The lowest BCUT2D eigenvalue weighted by Gasteiger charge is -2.27. The molecule has 0 spiro atoms. The molecule has 2 rings (SSSR count). The lowest BCUT2D eigenvalue weighted by Crippen LogP contribution is -2.28. The van der Waals surface area contributed by atoms with Gasteiger partial charge in [0.2, 0.25) is 0 Å². The number of anilines is 1. The van der Waals surface area contributed by atoms with E-state index in [9.17, 15) is 4.79 Å². The van der Waals surface area contributed by atoms with E-state index >= 15 is 0 Å². The Hall–Kier alpha value is -1.58. The summed E-state index contributed by atoms with van der Waals surface area (Å²) in [5.41, 5.74) is 0.0730. The molecule has 1 heterocycles. The van der Waals surface area contributed by atoms with E-state index in [2.05, 4.69) is 10.3 Å². The Morgan fingerprint density at radius 2 is 2.17 bits per heavy atom. The minimum Gasteiger partial charge on any atom is -0.456 e. The third kappa shape index (κ3) is 3.45. The number of ether oxygens (including phenoxy) is 1. The highest BCUT2D eigenvalue weighted by Gasteiger charge is 2.20. The molecule has 1 N–H and O–H groups in total. The SMILES string of the molecule is CC(C)(C)OC(=O)c1ccnc(NC2CCC2)c1. The van der Waals surface area contributed by atoms with Crippen LogP contribution in [0.3, 0.4) is 0 Å². The van der Waals surface area contributed by atoms with E-state index < -0.39 is 5.60 Å². The van der Waals surface area contributed by atoms with Crippen molar-refractivity contribution in [3.05, 3.63) is 23.9 Å². The molecule has 0 radical (unpaired) electrons. The van der Waals surface area contributed by atoms with Crippen LogP contribution >= 0.6 is 0 Å². The molecular formula is C14H20N2O2. The molecule has 1 aromatic rings. The zero-order valence-electron chi connectivity index (χ0n) is 11.2. The fraction of sp³-hybridized carbons (Fsp3) is 0.571. The van der Waals surface area contributed by atoms with Crippen molar-refractivity contribution in [3.8, 4) is 0 Å². The molecule has 4 nitrogen and oxygen atoms in total. The van der Waals surface area contributed by atoms with Gasteiger partial charge < -0.3 is 10.1 Å². The van der Waals surface area contributed by atoms with Crippen LogP contribution in [0.1, 0.15) is 50.4 Å². The summed E-state index contributed by atoms with van der Waals surface area (Å²) in [4.78, 5) is 16.1. The summed E-state index contributed by atoms with van der Waals surface area (Å²) in [6, 6.07) is 3.94. The minimum atomic E-state index is -0.470. The average Bonchev–Trinajstić information content (AvgIpc) is 2.22. The maximum absolute atomic E-state index is 11.9. The number of carbonyl (C=O) groups is 1. The van der Waals surface area contributed by atoms with Crippen LogP contribution in [0.25, 0.3) is 0 Å². The van der Waals surface area contributed by atoms with Gasteiger partial charge in [-0.25, -0.2) is 9.78 Å². The molecule has 1 aliphatic carbocycles. The molecule has 1 fully saturated rings. The van der Waals surface area contributed by atoms with Crippen molar-refractivity contribution < 1.29 is 9.53 Å². The third-order valence-corrected chi connectivity index (χ3v) is 2.85. The number of aromatic nitrogens is 1. The van der Waals surface area contributed by atoms with Crippen LogP contribution in [0, 0.1) is 0 Å². The first kappa shape index (κ1) is 12.9. The van der Waals surface area contributed by atoms with Gasteiger partial charge in [-0.05, 0) is 52.2 Å². The highest BCUT2D eigenvalue weighted by atomic mass is 16.6. The second-order valence-electron chi connectivity index (χ2n) is 5.70. The molecule has 0 aliphatic heterocycles. The summed E-state index contributed by atoms with van der Waals surface area (Å²) in [5.74, 6) is 0.449. The number of hydrogen-bond acceptors (Lipinski definition) is 4. The van der Waals surface area contributed by atoms with Crippen LogP contribution in [0.5, 0.6) is 0 Å². The van der Waals surface area contributed by atoms with E-state index in [1.54, 1.807) is 18.3 Å². The van der Waals surface area contributed by atoms with Crippen molar-refractivity contribution in [1.29, 1.82) is 0 Å². The van der Waals surface area contributed by atoms with Gasteiger partial charge in [-0.1, -0.05) is 0 Å². The summed E-state index contributed by atoms with van der Waals surface area (Å²) < 4.78 is 5.33. The first-order valence-corrected chi connectivity index (χ1v) is 6.40. The van der Waals surface area contributed by atoms with Gasteiger partial charge in [0.1, 0.15) is 11.4 Å². The predicted octanol–water partition coefficient (Wildman–Crippen LogP) is 3.00. The maximum atomic E-state index is 11.9. The molecule has 1 aliphatic rings. The molecule has 0 atom stereocenters. The lowest BCUT2D eigenvalue weighted by atomic mass is 9.93. The van der Waals surface area contributed by atoms with Gasteiger partial charge in [0.15, 0.2) is 0 Å². The van der Waals surface area contributed by atoms with Crippen LogP contribution in [-0.4, -0.2) is 22.6 Å². The molecular weight excluding hydrogens is 228 g/mol. The molecule has 0 amide bonds. The quantitative estimate of drug-likeness (QED) is 0.835. The van der Waals surface area contributed by atoms with E-state index in [0.717, 1.165) is 5.82 Å². The van der Waals surface area contributed by atoms with Crippen molar-refractivity contribution in [2.45, 2.75) is 51.7 Å².